The molecule has 0 heterocycles. The second-order valence-electron chi connectivity index (χ2n) is 6.11. The molecule has 27 heavy (non-hydrogen) atoms. The van der Waals surface area contributed by atoms with Crippen LogP contribution in [0.1, 0.15) is 15.9 Å². The minimum atomic E-state index is -2.58. The van der Waals surface area contributed by atoms with Crippen LogP contribution in [0.2, 0.25) is 0 Å². The fourth-order valence-corrected chi connectivity index (χ4v) is 3.46. The maximum absolute atomic E-state index is 12.6. The van der Waals surface area contributed by atoms with Gasteiger partial charge < -0.3 is 4.74 Å². The van der Waals surface area contributed by atoms with E-state index in [-0.39, 0.29) is 11.5 Å². The van der Waals surface area contributed by atoms with Crippen molar-refractivity contribution in [3.05, 3.63) is 96.1 Å². The molecule has 0 fully saturated rings. The van der Waals surface area contributed by atoms with Gasteiger partial charge in [0.05, 0.1) is 0 Å². The molecule has 3 nitrogen and oxygen atoms in total. The van der Waals surface area contributed by atoms with Gasteiger partial charge >= 0.3 is 0 Å². The molecular formula is C23H19O3S+. The number of carbonyl (C=O) groups excluding carboxylic acids is 1. The predicted octanol–water partition coefficient (Wildman–Crippen LogP) is 4.80. The van der Waals surface area contributed by atoms with Gasteiger partial charge in [0.1, 0.15) is 17.8 Å². The first kappa shape index (κ1) is 18.6. The fraction of sp³-hybridized carbons (Fsp3) is 0.0870. The summed E-state index contributed by atoms with van der Waals surface area (Å²) in [5, 5.41) is 2.75. The first-order valence-electron chi connectivity index (χ1n) is 8.43. The van der Waals surface area contributed by atoms with E-state index in [1.165, 1.54) is 6.26 Å². The van der Waals surface area contributed by atoms with Gasteiger partial charge in [-0.05, 0) is 54.5 Å². The highest BCUT2D eigenvalue weighted by atomic mass is 32.2. The molecule has 4 heteroatoms. The lowest BCUT2D eigenvalue weighted by Gasteiger charge is -2.06. The van der Waals surface area contributed by atoms with Crippen LogP contribution in [0.4, 0.5) is 0 Å². The maximum atomic E-state index is 12.6. The Morgan fingerprint density at radius 2 is 1.41 bits per heavy atom. The van der Waals surface area contributed by atoms with Gasteiger partial charge in [-0.2, -0.15) is 0 Å². The number of para-hydroxylation sites is 1. The predicted molar refractivity (Wildman–Crippen MR) is 109 cm³/mol. The van der Waals surface area contributed by atoms with E-state index < -0.39 is 9.93 Å². The Hall–Kier alpha value is -3.16. The lowest BCUT2D eigenvalue weighted by atomic mass is 10.1. The number of ether oxygens (including phenoxy) is 1. The summed E-state index contributed by atoms with van der Waals surface area (Å²) in [4.78, 5) is 12.5. The largest absolute Gasteiger partial charge is 0.457 e. The van der Waals surface area contributed by atoms with Crippen LogP contribution in [0.3, 0.4) is 0 Å². The summed E-state index contributed by atoms with van der Waals surface area (Å²) in [6, 6.07) is 25.5. The van der Waals surface area contributed by atoms with E-state index in [9.17, 15) is 9.00 Å². The molecule has 0 aliphatic rings. The van der Waals surface area contributed by atoms with E-state index in [0.29, 0.717) is 11.3 Å². The first-order valence-corrected chi connectivity index (χ1v) is 10.6. The highest BCUT2D eigenvalue weighted by molar-refractivity contribution is 8.07. The zero-order valence-corrected chi connectivity index (χ0v) is 15.7. The standard InChI is InChI=1S/C23H19O3S/c1-27(25,17-16-19-8-4-2-5-9-19)18-23(24)20-12-14-22(15-13-20)26-21-10-6-3-7-11-21/h2-15H,18H2,1H3/q+1. The molecule has 0 saturated heterocycles. The Labute approximate surface area is 160 Å². The van der Waals surface area contributed by atoms with Crippen LogP contribution >= 0.6 is 0 Å². The Morgan fingerprint density at radius 3 is 2.04 bits per heavy atom. The molecule has 3 aromatic carbocycles. The molecule has 0 aromatic heterocycles. The fourth-order valence-electron chi connectivity index (χ4n) is 2.39. The molecule has 0 N–H and O–H groups in total. The molecule has 0 amide bonds. The number of Topliss-reactive ketones (excluding diaryl/α,β-unsaturated/α-hetero) is 1. The van der Waals surface area contributed by atoms with Gasteiger partial charge in [-0.15, -0.1) is 0 Å². The number of rotatable bonds is 5. The third kappa shape index (κ3) is 5.67. The van der Waals surface area contributed by atoms with Gasteiger partial charge in [-0.25, -0.2) is 0 Å². The van der Waals surface area contributed by atoms with Gasteiger partial charge in [-0.1, -0.05) is 40.6 Å². The van der Waals surface area contributed by atoms with Crippen molar-refractivity contribution in [2.24, 2.45) is 0 Å². The van der Waals surface area contributed by atoms with Crippen molar-refractivity contribution < 1.29 is 13.7 Å². The van der Waals surface area contributed by atoms with Crippen LogP contribution in [0.15, 0.2) is 84.9 Å². The minimum Gasteiger partial charge on any atom is -0.457 e. The molecule has 134 valence electrons. The van der Waals surface area contributed by atoms with Gasteiger partial charge in [0.15, 0.2) is 20.9 Å². The number of hydrogen-bond acceptors (Lipinski definition) is 3. The Balaban J connectivity index is 1.65. The molecule has 0 spiro atoms. The van der Waals surface area contributed by atoms with E-state index in [1.807, 2.05) is 60.7 Å². The summed E-state index contributed by atoms with van der Waals surface area (Å²) in [6.45, 7) is 0. The van der Waals surface area contributed by atoms with E-state index in [4.69, 9.17) is 4.74 Å². The Morgan fingerprint density at radius 1 is 0.852 bits per heavy atom. The average Bonchev–Trinajstić information content (AvgIpc) is 2.68. The maximum Gasteiger partial charge on any atom is 0.212 e. The SMILES string of the molecule is C[S+](=O)(C#Cc1ccccc1)CC(=O)c1ccc(Oc2ccccc2)cc1. The second-order valence-corrected chi connectivity index (χ2v) is 8.61. The van der Waals surface area contributed by atoms with Crippen molar-refractivity contribution in [1.29, 1.82) is 0 Å². The van der Waals surface area contributed by atoms with Gasteiger partial charge in [-0.3, -0.25) is 4.79 Å². The van der Waals surface area contributed by atoms with Crippen LogP contribution in [0.25, 0.3) is 0 Å². The van der Waals surface area contributed by atoms with Gasteiger partial charge in [0.25, 0.3) is 0 Å². The average molecular weight is 375 g/mol. The van der Waals surface area contributed by atoms with Crippen molar-refractivity contribution in [2.75, 3.05) is 12.0 Å². The van der Waals surface area contributed by atoms with Crippen LogP contribution < -0.4 is 4.74 Å². The van der Waals surface area contributed by atoms with Crippen LogP contribution in [-0.4, -0.2) is 17.8 Å². The smallest absolute Gasteiger partial charge is 0.212 e. The van der Waals surface area contributed by atoms with E-state index in [2.05, 4.69) is 11.2 Å². The highest BCUT2D eigenvalue weighted by Crippen LogP contribution is 2.21. The zero-order valence-electron chi connectivity index (χ0n) is 14.9. The molecule has 0 saturated carbocycles. The number of hydrogen-bond donors (Lipinski definition) is 0. The number of benzene rings is 3. The van der Waals surface area contributed by atoms with Gasteiger partial charge in [0.2, 0.25) is 5.78 Å². The molecule has 3 rings (SSSR count). The molecule has 0 aliphatic heterocycles. The highest BCUT2D eigenvalue weighted by Gasteiger charge is 2.24. The van der Waals surface area contributed by atoms with Crippen molar-refractivity contribution in [3.63, 3.8) is 0 Å². The number of carbonyl (C=O) groups is 1. The summed E-state index contributed by atoms with van der Waals surface area (Å²) < 4.78 is 18.3. The normalized spacial score (nSPS) is 12.3. The van der Waals surface area contributed by atoms with E-state index >= 15 is 0 Å². The monoisotopic (exact) mass is 375 g/mol. The summed E-state index contributed by atoms with van der Waals surface area (Å²) >= 11 is 0. The molecule has 0 bridgehead atoms. The van der Waals surface area contributed by atoms with Gasteiger partial charge in [0, 0.05) is 11.1 Å². The topological polar surface area (TPSA) is 43.4 Å². The number of ketones is 1. The van der Waals surface area contributed by atoms with Crippen molar-refractivity contribution in [1.82, 2.24) is 0 Å². The molecule has 1 unspecified atom stereocenters. The zero-order chi connectivity index (χ0) is 19.1. The molecule has 0 aliphatic carbocycles. The van der Waals surface area contributed by atoms with E-state index in [1.54, 1.807) is 24.3 Å². The first-order chi connectivity index (χ1) is 13.0. The Bertz CT molecular complexity index is 1010. The van der Waals surface area contributed by atoms with Crippen molar-refractivity contribution in [2.45, 2.75) is 0 Å². The quantitative estimate of drug-likeness (QED) is 0.365. The molecule has 3 aromatic rings. The summed E-state index contributed by atoms with van der Waals surface area (Å²) in [5.41, 5.74) is 1.27. The third-order valence-electron chi connectivity index (χ3n) is 3.75. The van der Waals surface area contributed by atoms with Crippen molar-refractivity contribution in [3.8, 4) is 22.7 Å². The Kier molecular flexibility index (Phi) is 5.85. The summed E-state index contributed by atoms with van der Waals surface area (Å²) in [5.74, 6) is 3.94. The van der Waals surface area contributed by atoms with E-state index in [0.717, 1.165) is 11.3 Å². The van der Waals surface area contributed by atoms with Crippen molar-refractivity contribution >= 4 is 15.7 Å². The molecule has 1 atom stereocenters. The minimum absolute atomic E-state index is 0.105. The molecule has 0 radical (unpaired) electrons. The van der Waals surface area contributed by atoms with Crippen LogP contribution in [0.5, 0.6) is 11.5 Å². The summed E-state index contributed by atoms with van der Waals surface area (Å²) in [6.07, 6.45) is 1.52. The molecular weight excluding hydrogens is 356 g/mol. The van der Waals surface area contributed by atoms with Crippen LogP contribution in [-0.2, 0) is 14.1 Å². The lowest BCUT2D eigenvalue weighted by Crippen LogP contribution is -2.19. The second kappa shape index (κ2) is 8.48. The third-order valence-corrected chi connectivity index (χ3v) is 5.09. The lowest BCUT2D eigenvalue weighted by molar-refractivity contribution is 0.102. The summed E-state index contributed by atoms with van der Waals surface area (Å²) in [7, 11) is -2.58. The van der Waals surface area contributed by atoms with Crippen LogP contribution in [0, 0.1) is 11.2 Å².